The van der Waals surface area contributed by atoms with Crippen LogP contribution in [0.2, 0.25) is 0 Å². The number of ether oxygens (including phenoxy) is 1. The molecule has 1 N–H and O–H groups in total. The predicted octanol–water partition coefficient (Wildman–Crippen LogP) is 8.54. The van der Waals surface area contributed by atoms with Crippen LogP contribution in [0, 0.1) is 9.39 Å². The molecule has 4 rings (SSSR count). The number of hydrogen-bond donors (Lipinski definition) is 1. The van der Waals surface area contributed by atoms with Crippen molar-refractivity contribution in [1.82, 2.24) is 0 Å². The number of halogens is 3. The Hall–Kier alpha value is -2.03. The lowest BCUT2D eigenvalue weighted by atomic mass is 10.2. The van der Waals surface area contributed by atoms with Gasteiger partial charge in [0.15, 0.2) is 11.6 Å². The van der Waals surface area contributed by atoms with Gasteiger partial charge in [0.25, 0.3) is 0 Å². The van der Waals surface area contributed by atoms with E-state index in [4.69, 9.17) is 4.74 Å². The molecule has 32 heavy (non-hydrogen) atoms. The first-order chi connectivity index (χ1) is 15.6. The van der Waals surface area contributed by atoms with Crippen LogP contribution in [0.25, 0.3) is 0 Å². The van der Waals surface area contributed by atoms with E-state index < -0.39 is 0 Å². The van der Waals surface area contributed by atoms with Gasteiger partial charge in [-0.1, -0.05) is 90.6 Å². The van der Waals surface area contributed by atoms with Gasteiger partial charge in [0.05, 0.1) is 18.6 Å². The van der Waals surface area contributed by atoms with Crippen LogP contribution in [-0.2, 0) is 13.2 Å². The molecule has 6 heteroatoms. The van der Waals surface area contributed by atoms with Gasteiger partial charge in [-0.2, -0.15) is 0 Å². The summed E-state index contributed by atoms with van der Waals surface area (Å²) in [4.78, 5) is 1.50. The lowest BCUT2D eigenvalue weighted by Gasteiger charge is -2.20. The molecule has 0 saturated carbocycles. The van der Waals surface area contributed by atoms with E-state index in [2.05, 4.69) is 43.8 Å². The molecular formula is C26H20BrFINOS. The highest BCUT2D eigenvalue weighted by molar-refractivity contribution is 14.1. The van der Waals surface area contributed by atoms with Crippen molar-refractivity contribution in [2.24, 2.45) is 0 Å². The first-order valence-electron chi connectivity index (χ1n) is 10.0. The van der Waals surface area contributed by atoms with Crippen LogP contribution in [0.15, 0.2) is 105 Å². The van der Waals surface area contributed by atoms with Crippen molar-refractivity contribution in [3.63, 3.8) is 0 Å². The Balaban J connectivity index is 1.70. The maximum atomic E-state index is 15.6. The average molecular weight is 620 g/mol. The van der Waals surface area contributed by atoms with Gasteiger partial charge < -0.3 is 10.1 Å². The van der Waals surface area contributed by atoms with Crippen molar-refractivity contribution in [1.29, 1.82) is 0 Å². The first kappa shape index (κ1) is 23.1. The van der Waals surface area contributed by atoms with Gasteiger partial charge in [0.1, 0.15) is 6.61 Å². The fraction of sp³-hybridized carbons (Fsp3) is 0.0769. The fourth-order valence-electron chi connectivity index (χ4n) is 3.12. The van der Waals surface area contributed by atoms with Gasteiger partial charge in [-0.25, -0.2) is 4.39 Å². The summed E-state index contributed by atoms with van der Waals surface area (Å²) < 4.78 is 22.9. The van der Waals surface area contributed by atoms with E-state index in [1.165, 1.54) is 11.8 Å². The van der Waals surface area contributed by atoms with Crippen LogP contribution in [0.3, 0.4) is 0 Å². The van der Waals surface area contributed by atoms with Crippen molar-refractivity contribution in [3.8, 4) is 5.75 Å². The minimum Gasteiger partial charge on any atom is -0.486 e. The molecule has 0 heterocycles. The highest BCUT2D eigenvalue weighted by atomic mass is 127. The number of anilines is 1. The second-order valence-corrected chi connectivity index (χ2v) is 9.96. The molecule has 0 spiro atoms. The Labute approximate surface area is 213 Å². The summed E-state index contributed by atoms with van der Waals surface area (Å²) in [5.41, 5.74) is 2.87. The third-order valence-corrected chi connectivity index (χ3v) is 7.57. The van der Waals surface area contributed by atoms with Crippen molar-refractivity contribution in [2.45, 2.75) is 22.9 Å². The van der Waals surface area contributed by atoms with E-state index in [-0.39, 0.29) is 5.82 Å². The van der Waals surface area contributed by atoms with Crippen molar-refractivity contribution in [3.05, 3.63) is 116 Å². The zero-order valence-corrected chi connectivity index (χ0v) is 21.6. The quantitative estimate of drug-likeness (QED) is 0.158. The highest BCUT2D eigenvalue weighted by Gasteiger charge is 2.24. The van der Waals surface area contributed by atoms with Gasteiger partial charge in [-0.3, -0.25) is 0 Å². The van der Waals surface area contributed by atoms with Gasteiger partial charge in [0.2, 0.25) is 0 Å². The first-order valence-corrected chi connectivity index (χ1v) is 12.7. The standard InChI is InChI=1S/C26H20BrFINOS/c27-21-22(28)26(32-20-14-8-3-9-15-20)24(30-16-18-10-4-1-5-11-18)23(29)25(21)31-17-19-12-6-2-7-13-19/h1-15,30H,16-17H2. The van der Waals surface area contributed by atoms with E-state index >= 15 is 4.39 Å². The minimum atomic E-state index is -0.335. The molecule has 4 aromatic carbocycles. The van der Waals surface area contributed by atoms with Crippen LogP contribution in [0.1, 0.15) is 11.1 Å². The number of rotatable bonds is 8. The van der Waals surface area contributed by atoms with Crippen molar-refractivity contribution in [2.75, 3.05) is 5.32 Å². The highest BCUT2D eigenvalue weighted by Crippen LogP contribution is 2.47. The average Bonchev–Trinajstić information content (AvgIpc) is 2.84. The van der Waals surface area contributed by atoms with Crippen molar-refractivity contribution < 1.29 is 9.13 Å². The molecule has 2 nitrogen and oxygen atoms in total. The number of hydrogen-bond acceptors (Lipinski definition) is 3. The Morgan fingerprint density at radius 1 is 0.844 bits per heavy atom. The third kappa shape index (κ3) is 5.66. The maximum absolute atomic E-state index is 15.6. The van der Waals surface area contributed by atoms with Gasteiger partial charge >= 0.3 is 0 Å². The number of benzene rings is 4. The minimum absolute atomic E-state index is 0.335. The topological polar surface area (TPSA) is 21.3 Å². The molecule has 0 amide bonds. The maximum Gasteiger partial charge on any atom is 0.157 e. The van der Waals surface area contributed by atoms with Crippen molar-refractivity contribution >= 4 is 56.0 Å². The monoisotopic (exact) mass is 619 g/mol. The Bertz CT molecular complexity index is 1180. The summed E-state index contributed by atoms with van der Waals surface area (Å²) in [6, 6.07) is 29.8. The summed E-state index contributed by atoms with van der Waals surface area (Å²) in [6.07, 6.45) is 0. The molecular weight excluding hydrogens is 600 g/mol. The largest absolute Gasteiger partial charge is 0.486 e. The molecule has 162 valence electrons. The zero-order chi connectivity index (χ0) is 22.3. The molecule has 0 aliphatic rings. The smallest absolute Gasteiger partial charge is 0.157 e. The van der Waals surface area contributed by atoms with Crippen LogP contribution in [0.4, 0.5) is 10.1 Å². The molecule has 0 unspecified atom stereocenters. The summed E-state index contributed by atoms with van der Waals surface area (Å²) in [5, 5.41) is 3.46. The van der Waals surface area contributed by atoms with Crippen LogP contribution in [0.5, 0.6) is 5.75 Å². The molecule has 0 saturated heterocycles. The third-order valence-electron chi connectivity index (χ3n) is 4.74. The second kappa shape index (κ2) is 11.2. The SMILES string of the molecule is Fc1c(Br)c(OCc2ccccc2)c(I)c(NCc2ccccc2)c1Sc1ccccc1. The molecule has 0 fully saturated rings. The van der Waals surface area contributed by atoms with Gasteiger partial charge in [0, 0.05) is 11.4 Å². The van der Waals surface area contributed by atoms with Gasteiger partial charge in [-0.05, 0) is 61.8 Å². The van der Waals surface area contributed by atoms with Gasteiger partial charge in [-0.15, -0.1) is 0 Å². The zero-order valence-electron chi connectivity index (χ0n) is 17.0. The van der Waals surface area contributed by atoms with E-state index in [9.17, 15) is 0 Å². The van der Waals surface area contributed by atoms with Crippen LogP contribution in [-0.4, -0.2) is 0 Å². The lowest BCUT2D eigenvalue weighted by molar-refractivity contribution is 0.299. The molecule has 0 atom stereocenters. The van der Waals surface area contributed by atoms with E-state index in [1.54, 1.807) is 0 Å². The second-order valence-electron chi connectivity index (χ2n) is 7.00. The Morgan fingerprint density at radius 2 is 1.41 bits per heavy atom. The molecule has 0 aromatic heterocycles. The fourth-order valence-corrected chi connectivity index (χ4v) is 6.20. The summed E-state index contributed by atoms with van der Waals surface area (Å²) in [5.74, 6) is 0.165. The molecule has 0 aliphatic heterocycles. The van der Waals surface area contributed by atoms with E-state index in [0.717, 1.165) is 25.3 Å². The Morgan fingerprint density at radius 3 is 2.03 bits per heavy atom. The molecule has 0 bridgehead atoms. The summed E-state index contributed by atoms with van der Waals surface area (Å²) in [7, 11) is 0. The lowest BCUT2D eigenvalue weighted by Crippen LogP contribution is -2.07. The summed E-state index contributed by atoms with van der Waals surface area (Å²) in [6.45, 7) is 0.941. The van der Waals surface area contributed by atoms with E-state index in [0.29, 0.717) is 28.3 Å². The van der Waals surface area contributed by atoms with Crippen LogP contribution < -0.4 is 10.1 Å². The Kier molecular flexibility index (Phi) is 8.10. The molecule has 0 aliphatic carbocycles. The normalized spacial score (nSPS) is 10.7. The predicted molar refractivity (Wildman–Crippen MR) is 142 cm³/mol. The molecule has 4 aromatic rings. The van der Waals surface area contributed by atoms with E-state index in [1.807, 2.05) is 91.0 Å². The summed E-state index contributed by atoms with van der Waals surface area (Å²) >= 11 is 7.09. The number of nitrogens with one attached hydrogen (secondary N) is 1. The molecule has 0 radical (unpaired) electrons. The van der Waals surface area contributed by atoms with Crippen LogP contribution >= 0.6 is 50.3 Å².